The molecule has 1 aliphatic rings. The Labute approximate surface area is 160 Å². The number of rotatable bonds is 3. The lowest BCUT2D eigenvalue weighted by Gasteiger charge is -2.15. The van der Waals surface area contributed by atoms with E-state index >= 15 is 0 Å². The van der Waals surface area contributed by atoms with Crippen LogP contribution in [0.1, 0.15) is 49.0 Å². The monoisotopic (exact) mass is 385 g/mol. The van der Waals surface area contributed by atoms with Gasteiger partial charge in [-0.15, -0.1) is 5.10 Å². The second-order valence-electron chi connectivity index (χ2n) is 6.90. The highest BCUT2D eigenvalue weighted by Crippen LogP contribution is 2.20. The van der Waals surface area contributed by atoms with Crippen molar-refractivity contribution in [3.05, 3.63) is 51.5 Å². The summed E-state index contributed by atoms with van der Waals surface area (Å²) in [5, 5.41) is 11.6. The Morgan fingerprint density at radius 2 is 1.85 bits per heavy atom. The summed E-state index contributed by atoms with van der Waals surface area (Å²) in [6.07, 6.45) is 8.19. The maximum atomic E-state index is 12.7. The number of nitrogens with zero attached hydrogens (tertiary/aromatic N) is 3. The molecule has 8 heteroatoms. The summed E-state index contributed by atoms with van der Waals surface area (Å²) in [7, 11) is 0. The SMILES string of the molecule is O=C(NC1CCCCCC1)c1nnn2cc(-c3ccc(Cl)cc3)[nH]c(=O)c12. The van der Waals surface area contributed by atoms with E-state index in [1.807, 2.05) is 0 Å². The second kappa shape index (κ2) is 7.52. The number of aromatic nitrogens is 4. The largest absolute Gasteiger partial charge is 0.348 e. The Balaban J connectivity index is 1.64. The maximum absolute atomic E-state index is 12.7. The van der Waals surface area contributed by atoms with Gasteiger partial charge in [-0.25, -0.2) is 4.52 Å². The van der Waals surface area contributed by atoms with E-state index in [9.17, 15) is 9.59 Å². The number of hydrogen-bond acceptors (Lipinski definition) is 4. The molecule has 2 N–H and O–H groups in total. The van der Waals surface area contributed by atoms with Crippen LogP contribution in [-0.2, 0) is 0 Å². The van der Waals surface area contributed by atoms with Gasteiger partial charge in [0.15, 0.2) is 11.2 Å². The van der Waals surface area contributed by atoms with Crippen molar-refractivity contribution < 1.29 is 4.79 Å². The van der Waals surface area contributed by atoms with Gasteiger partial charge < -0.3 is 10.3 Å². The van der Waals surface area contributed by atoms with Gasteiger partial charge in [0.2, 0.25) is 0 Å². The second-order valence-corrected chi connectivity index (χ2v) is 7.33. The summed E-state index contributed by atoms with van der Waals surface area (Å²) in [6.45, 7) is 0. The molecule has 4 rings (SSSR count). The Kier molecular flexibility index (Phi) is 4.94. The Morgan fingerprint density at radius 3 is 2.56 bits per heavy atom. The van der Waals surface area contributed by atoms with Crippen LogP contribution in [0, 0.1) is 0 Å². The van der Waals surface area contributed by atoms with Crippen molar-refractivity contribution >= 4 is 23.0 Å². The van der Waals surface area contributed by atoms with Gasteiger partial charge in [-0.2, -0.15) is 0 Å². The van der Waals surface area contributed by atoms with Gasteiger partial charge in [0, 0.05) is 11.1 Å². The zero-order chi connectivity index (χ0) is 18.8. The van der Waals surface area contributed by atoms with Crippen LogP contribution >= 0.6 is 11.6 Å². The van der Waals surface area contributed by atoms with Crippen molar-refractivity contribution in [2.45, 2.75) is 44.6 Å². The molecule has 3 aromatic rings. The first-order valence-electron chi connectivity index (χ1n) is 9.17. The predicted molar refractivity (Wildman–Crippen MR) is 103 cm³/mol. The summed E-state index contributed by atoms with van der Waals surface area (Å²) in [5.41, 5.74) is 1.17. The molecule has 2 heterocycles. The lowest BCUT2D eigenvalue weighted by molar-refractivity contribution is 0.0930. The van der Waals surface area contributed by atoms with E-state index in [1.165, 1.54) is 17.4 Å². The van der Waals surface area contributed by atoms with Gasteiger partial charge in [-0.3, -0.25) is 9.59 Å². The van der Waals surface area contributed by atoms with E-state index in [-0.39, 0.29) is 23.2 Å². The Morgan fingerprint density at radius 1 is 1.15 bits per heavy atom. The molecule has 0 atom stereocenters. The minimum absolute atomic E-state index is 0.0585. The van der Waals surface area contributed by atoms with Crippen molar-refractivity contribution in [2.75, 3.05) is 0 Å². The molecule has 1 saturated carbocycles. The van der Waals surface area contributed by atoms with E-state index < -0.39 is 5.56 Å². The maximum Gasteiger partial charge on any atom is 0.276 e. The van der Waals surface area contributed by atoms with Crippen LogP contribution in [0.4, 0.5) is 0 Å². The van der Waals surface area contributed by atoms with Gasteiger partial charge in [0.1, 0.15) is 0 Å². The third-order valence-corrected chi connectivity index (χ3v) is 5.22. The highest BCUT2D eigenvalue weighted by Gasteiger charge is 2.22. The zero-order valence-corrected chi connectivity index (χ0v) is 15.5. The first-order valence-corrected chi connectivity index (χ1v) is 9.55. The predicted octanol–water partition coefficient (Wildman–Crippen LogP) is 3.19. The van der Waals surface area contributed by atoms with Crippen LogP contribution in [-0.4, -0.2) is 31.8 Å². The summed E-state index contributed by atoms with van der Waals surface area (Å²) >= 11 is 5.91. The van der Waals surface area contributed by atoms with Crippen molar-refractivity contribution in [2.24, 2.45) is 0 Å². The molecule has 2 aromatic heterocycles. The summed E-state index contributed by atoms with van der Waals surface area (Å²) < 4.78 is 1.35. The molecule has 0 spiro atoms. The normalized spacial score (nSPS) is 15.6. The number of aromatic amines is 1. The van der Waals surface area contributed by atoms with Gasteiger partial charge in [-0.1, -0.05) is 54.6 Å². The number of halogens is 1. The third-order valence-electron chi connectivity index (χ3n) is 4.97. The zero-order valence-electron chi connectivity index (χ0n) is 14.7. The molecule has 0 saturated heterocycles. The minimum atomic E-state index is -0.404. The third kappa shape index (κ3) is 3.73. The van der Waals surface area contributed by atoms with Crippen LogP contribution in [0.5, 0.6) is 0 Å². The van der Waals surface area contributed by atoms with Crippen LogP contribution in [0.3, 0.4) is 0 Å². The molecule has 27 heavy (non-hydrogen) atoms. The number of hydrogen-bond donors (Lipinski definition) is 2. The Hall–Kier alpha value is -2.67. The highest BCUT2D eigenvalue weighted by atomic mass is 35.5. The summed E-state index contributed by atoms with van der Waals surface area (Å²) in [6, 6.07) is 7.22. The average molecular weight is 386 g/mol. The number of benzene rings is 1. The fraction of sp³-hybridized carbons (Fsp3) is 0.368. The molecule has 7 nitrogen and oxygen atoms in total. The summed E-state index contributed by atoms with van der Waals surface area (Å²) in [5.74, 6) is -0.346. The van der Waals surface area contributed by atoms with Crippen molar-refractivity contribution in [1.29, 1.82) is 0 Å². The number of amides is 1. The van der Waals surface area contributed by atoms with Crippen molar-refractivity contribution in [3.63, 3.8) is 0 Å². The Bertz CT molecular complexity index is 1020. The van der Waals surface area contributed by atoms with Gasteiger partial charge >= 0.3 is 0 Å². The first kappa shape index (κ1) is 17.7. The number of H-pyrrole nitrogens is 1. The van der Waals surface area contributed by atoms with Crippen LogP contribution in [0.2, 0.25) is 5.02 Å². The number of nitrogens with one attached hydrogen (secondary N) is 2. The average Bonchev–Trinajstić information content (AvgIpc) is 2.93. The fourth-order valence-electron chi connectivity index (χ4n) is 3.54. The minimum Gasteiger partial charge on any atom is -0.348 e. The fourth-order valence-corrected chi connectivity index (χ4v) is 3.66. The van der Waals surface area contributed by atoms with E-state index in [4.69, 9.17) is 11.6 Å². The van der Waals surface area contributed by atoms with Gasteiger partial charge in [-0.05, 0) is 30.5 Å². The van der Waals surface area contributed by atoms with Crippen molar-refractivity contribution in [1.82, 2.24) is 25.1 Å². The standard InChI is InChI=1S/C19H20ClN5O2/c20-13-9-7-12(8-10-13)15-11-25-17(19(27)22-15)16(23-24-25)18(26)21-14-5-3-1-2-4-6-14/h7-11,14H,1-6H2,(H,21,26)(H,22,27). The van der Waals surface area contributed by atoms with E-state index in [1.54, 1.807) is 30.5 Å². The number of carbonyl (C=O) groups excluding carboxylic acids is 1. The van der Waals surface area contributed by atoms with Crippen molar-refractivity contribution in [3.8, 4) is 11.3 Å². The van der Waals surface area contributed by atoms with E-state index in [2.05, 4.69) is 20.6 Å². The number of carbonyl (C=O) groups is 1. The molecule has 0 radical (unpaired) electrons. The van der Waals surface area contributed by atoms with Crippen LogP contribution < -0.4 is 10.9 Å². The molecule has 0 bridgehead atoms. The van der Waals surface area contributed by atoms with Gasteiger partial charge in [0.05, 0.1) is 11.9 Å². The molecule has 1 fully saturated rings. The quantitative estimate of drug-likeness (QED) is 0.677. The molecule has 140 valence electrons. The molecule has 0 aliphatic heterocycles. The first-order chi connectivity index (χ1) is 13.1. The lowest BCUT2D eigenvalue weighted by atomic mass is 10.1. The van der Waals surface area contributed by atoms with Gasteiger partial charge in [0.25, 0.3) is 11.5 Å². The molecule has 1 aromatic carbocycles. The van der Waals surface area contributed by atoms with E-state index in [0.717, 1.165) is 31.2 Å². The smallest absolute Gasteiger partial charge is 0.276 e. The molecule has 1 aliphatic carbocycles. The number of fused-ring (bicyclic) bond motifs is 1. The lowest BCUT2D eigenvalue weighted by Crippen LogP contribution is -2.35. The molecular formula is C19H20ClN5O2. The summed E-state index contributed by atoms with van der Waals surface area (Å²) in [4.78, 5) is 28.1. The van der Waals surface area contributed by atoms with Crippen LogP contribution in [0.25, 0.3) is 16.8 Å². The molecular weight excluding hydrogens is 366 g/mol. The van der Waals surface area contributed by atoms with Crippen LogP contribution in [0.15, 0.2) is 35.3 Å². The molecule has 0 unspecified atom stereocenters. The van der Waals surface area contributed by atoms with E-state index in [0.29, 0.717) is 10.7 Å². The molecule has 1 amide bonds. The highest BCUT2D eigenvalue weighted by molar-refractivity contribution is 6.30. The topological polar surface area (TPSA) is 92.2 Å².